The summed E-state index contributed by atoms with van der Waals surface area (Å²) < 4.78 is 0. The average molecular weight is 548 g/mol. The van der Waals surface area contributed by atoms with Gasteiger partial charge in [0.2, 0.25) is 29.4 Å². The van der Waals surface area contributed by atoms with Crippen molar-refractivity contribution < 1.29 is 28.8 Å². The second-order valence-corrected chi connectivity index (χ2v) is 12.3. The Labute approximate surface area is 230 Å². The molecule has 11 heteroatoms. The number of hydrogen-bond donors (Lipinski definition) is 5. The molecule has 1 heterocycles. The molecular weight excluding hydrogens is 502 g/mol. The second-order valence-electron chi connectivity index (χ2n) is 12.3. The van der Waals surface area contributed by atoms with Crippen molar-refractivity contribution in [2.24, 2.45) is 17.3 Å². The van der Waals surface area contributed by atoms with Crippen LogP contribution in [0.2, 0.25) is 0 Å². The van der Waals surface area contributed by atoms with Crippen LogP contribution in [0.3, 0.4) is 0 Å². The fraction of sp³-hybridized carbons (Fsp3) is 0.786. The summed E-state index contributed by atoms with van der Waals surface area (Å²) in [6.07, 6.45) is 6.57. The Morgan fingerprint density at radius 2 is 1.54 bits per heavy atom. The monoisotopic (exact) mass is 547 g/mol. The highest BCUT2D eigenvalue weighted by Gasteiger charge is 2.39. The van der Waals surface area contributed by atoms with Gasteiger partial charge in [0.15, 0.2) is 0 Å². The molecule has 11 nitrogen and oxygen atoms in total. The van der Waals surface area contributed by atoms with Crippen LogP contribution in [0.5, 0.6) is 0 Å². The van der Waals surface area contributed by atoms with Crippen molar-refractivity contribution in [3.63, 3.8) is 0 Å². The van der Waals surface area contributed by atoms with Gasteiger partial charge >= 0.3 is 0 Å². The Hall–Kier alpha value is -2.98. The van der Waals surface area contributed by atoms with Gasteiger partial charge in [-0.05, 0) is 50.9 Å². The molecule has 2 aliphatic carbocycles. The van der Waals surface area contributed by atoms with Crippen LogP contribution in [0.15, 0.2) is 0 Å². The van der Waals surface area contributed by atoms with Crippen LogP contribution >= 0.6 is 0 Å². The van der Waals surface area contributed by atoms with E-state index in [1.807, 2.05) is 6.92 Å². The van der Waals surface area contributed by atoms with Crippen molar-refractivity contribution in [3.05, 3.63) is 0 Å². The van der Waals surface area contributed by atoms with Crippen molar-refractivity contribution in [3.8, 4) is 0 Å². The third kappa shape index (κ3) is 8.76. The quantitative estimate of drug-likeness (QED) is 0.215. The molecule has 3 aliphatic rings. The second kappa shape index (κ2) is 13.4. The molecule has 0 spiro atoms. The van der Waals surface area contributed by atoms with Crippen LogP contribution in [-0.2, 0) is 28.8 Å². The fourth-order valence-corrected chi connectivity index (χ4v) is 5.17. The molecule has 218 valence electrons. The molecule has 0 aromatic carbocycles. The molecule has 2 saturated carbocycles. The van der Waals surface area contributed by atoms with Crippen LogP contribution in [-0.4, -0.2) is 66.0 Å². The molecule has 5 amide bonds. The fourth-order valence-electron chi connectivity index (χ4n) is 5.17. The van der Waals surface area contributed by atoms with Crippen LogP contribution in [0.25, 0.3) is 0 Å². The number of carbonyl (C=O) groups is 6. The van der Waals surface area contributed by atoms with Gasteiger partial charge in [0.25, 0.3) is 5.91 Å². The van der Waals surface area contributed by atoms with E-state index in [-0.39, 0.29) is 30.2 Å². The zero-order valence-corrected chi connectivity index (χ0v) is 23.7. The molecular formula is C28H45N5O6. The maximum atomic E-state index is 13.5. The molecule has 5 N–H and O–H groups in total. The number of nitrogens with one attached hydrogen (secondary N) is 5. The normalized spacial score (nSPS) is 21.8. The van der Waals surface area contributed by atoms with Crippen molar-refractivity contribution in [2.75, 3.05) is 6.54 Å². The summed E-state index contributed by atoms with van der Waals surface area (Å²) in [6.45, 7) is 7.68. The van der Waals surface area contributed by atoms with Gasteiger partial charge in [-0.1, -0.05) is 47.0 Å². The minimum atomic E-state index is -1.19. The maximum Gasteiger partial charge on any atom is 0.289 e. The number of rotatable bonds is 13. The van der Waals surface area contributed by atoms with Gasteiger partial charge in [-0.25, -0.2) is 0 Å². The Morgan fingerprint density at radius 1 is 0.897 bits per heavy atom. The van der Waals surface area contributed by atoms with E-state index >= 15 is 0 Å². The molecule has 4 atom stereocenters. The molecule has 1 aliphatic heterocycles. The first-order valence-corrected chi connectivity index (χ1v) is 14.4. The first-order chi connectivity index (χ1) is 18.4. The Balaban J connectivity index is 1.73. The van der Waals surface area contributed by atoms with E-state index in [4.69, 9.17) is 0 Å². The summed E-state index contributed by atoms with van der Waals surface area (Å²) in [5.74, 6) is -3.56. The van der Waals surface area contributed by atoms with Gasteiger partial charge in [0, 0.05) is 23.9 Å². The molecule has 0 aromatic rings. The van der Waals surface area contributed by atoms with Crippen LogP contribution in [0.1, 0.15) is 91.9 Å². The topological polar surface area (TPSA) is 163 Å². The van der Waals surface area contributed by atoms with Gasteiger partial charge in [0.1, 0.15) is 12.1 Å². The first kappa shape index (κ1) is 30.6. The molecule has 0 unspecified atom stereocenters. The summed E-state index contributed by atoms with van der Waals surface area (Å²) in [6, 6.07) is -2.95. The molecule has 0 aromatic heterocycles. The van der Waals surface area contributed by atoms with Crippen LogP contribution in [0.4, 0.5) is 0 Å². The zero-order valence-electron chi connectivity index (χ0n) is 23.7. The molecule has 39 heavy (non-hydrogen) atoms. The summed E-state index contributed by atoms with van der Waals surface area (Å²) >= 11 is 0. The smallest absolute Gasteiger partial charge is 0.289 e. The zero-order chi connectivity index (χ0) is 28.7. The predicted octanol–water partition coefficient (Wildman–Crippen LogP) is 0.851. The molecule has 0 radical (unpaired) electrons. The van der Waals surface area contributed by atoms with Crippen LogP contribution in [0, 0.1) is 17.3 Å². The van der Waals surface area contributed by atoms with E-state index in [0.29, 0.717) is 25.8 Å². The predicted molar refractivity (Wildman–Crippen MR) is 144 cm³/mol. The summed E-state index contributed by atoms with van der Waals surface area (Å²) in [5.41, 5.74) is -0.682. The largest absolute Gasteiger partial charge is 0.356 e. The van der Waals surface area contributed by atoms with Gasteiger partial charge in [-0.2, -0.15) is 0 Å². The molecule has 3 rings (SSSR count). The van der Waals surface area contributed by atoms with E-state index in [1.165, 1.54) is 0 Å². The number of ketones is 1. The highest BCUT2D eigenvalue weighted by molar-refractivity contribution is 6.38. The molecule has 3 fully saturated rings. The maximum absolute atomic E-state index is 13.5. The summed E-state index contributed by atoms with van der Waals surface area (Å²) in [7, 11) is 0. The van der Waals surface area contributed by atoms with Gasteiger partial charge in [-0.15, -0.1) is 0 Å². The van der Waals surface area contributed by atoms with Crippen LogP contribution < -0.4 is 26.6 Å². The minimum absolute atomic E-state index is 0.00756. The Kier molecular flexibility index (Phi) is 10.5. The number of hydrogen-bond acceptors (Lipinski definition) is 6. The third-order valence-corrected chi connectivity index (χ3v) is 7.78. The van der Waals surface area contributed by atoms with Gasteiger partial charge in [0.05, 0.1) is 6.04 Å². The Bertz CT molecular complexity index is 951. The van der Waals surface area contributed by atoms with Gasteiger partial charge < -0.3 is 26.6 Å². The Morgan fingerprint density at radius 3 is 2.08 bits per heavy atom. The van der Waals surface area contributed by atoms with Crippen molar-refractivity contribution in [1.29, 1.82) is 0 Å². The third-order valence-electron chi connectivity index (χ3n) is 7.78. The summed E-state index contributed by atoms with van der Waals surface area (Å²) in [5, 5.41) is 13.8. The van der Waals surface area contributed by atoms with Crippen molar-refractivity contribution in [1.82, 2.24) is 26.6 Å². The number of Topliss-reactive ketones (excluding diaryl/α,β-unsaturated/α-hetero) is 1. The van der Waals surface area contributed by atoms with Crippen molar-refractivity contribution in [2.45, 2.75) is 116 Å². The number of amides is 5. The SMILES string of the molecule is CCC[C@H](NC(=O)[C@H](NC(=O)C(C)(C)C)C1CCCC1)C(=O)N[C@@H](C[C@@H]1CCNC1=O)C(=O)C(=O)NC1CC1. The summed E-state index contributed by atoms with van der Waals surface area (Å²) in [4.78, 5) is 77.4. The highest BCUT2D eigenvalue weighted by atomic mass is 16.2. The van der Waals surface area contributed by atoms with E-state index in [0.717, 1.165) is 38.5 Å². The number of carbonyl (C=O) groups excluding carboxylic acids is 6. The highest BCUT2D eigenvalue weighted by Crippen LogP contribution is 2.29. The lowest BCUT2D eigenvalue weighted by molar-refractivity contribution is -0.141. The van der Waals surface area contributed by atoms with E-state index < -0.39 is 53.0 Å². The van der Waals surface area contributed by atoms with E-state index in [1.54, 1.807) is 20.8 Å². The van der Waals surface area contributed by atoms with E-state index in [2.05, 4.69) is 26.6 Å². The lowest BCUT2D eigenvalue weighted by Crippen LogP contribution is -2.59. The van der Waals surface area contributed by atoms with E-state index in [9.17, 15) is 28.8 Å². The molecule has 0 bridgehead atoms. The van der Waals surface area contributed by atoms with Crippen molar-refractivity contribution >= 4 is 35.3 Å². The lowest BCUT2D eigenvalue weighted by Gasteiger charge is -2.30. The lowest BCUT2D eigenvalue weighted by atomic mass is 9.91. The average Bonchev–Trinajstić information content (AvgIpc) is 3.33. The first-order valence-electron chi connectivity index (χ1n) is 14.4. The standard InChI is InChI=1S/C28H45N5O6/c1-5-8-19(31-25(37)21(16-9-6-7-10-16)33-27(39)28(2,3)4)24(36)32-20(15-17-13-14-29-23(17)35)22(34)26(38)30-18-11-12-18/h16-21H,5-15H2,1-4H3,(H,29,35)(H,30,38)(H,31,37)(H,32,36)(H,33,39)/t17-,19-,20-,21+/m0/s1. The minimum Gasteiger partial charge on any atom is -0.356 e. The molecule has 1 saturated heterocycles. The van der Waals surface area contributed by atoms with Gasteiger partial charge in [-0.3, -0.25) is 28.8 Å².